The van der Waals surface area contributed by atoms with Crippen LogP contribution in [0.25, 0.3) is 0 Å². The monoisotopic (exact) mass is 896 g/mol. The SMILES string of the molecule is COC1(F)C(F)(F)C(F)(F)C1(F)OC1CCC(C(C2CCC(OC3(F)C(F)(F)C(F)(F)C3(F)OC3CCC(C4CCC(C)CC4)CC3)CC2)(C(F)(F)F)C(F)(F)F)CC1. The third kappa shape index (κ3) is 6.38. The lowest BCUT2D eigenvalue weighted by atomic mass is 9.57. The maximum Gasteiger partial charge on any atom is 0.403 e. The molecule has 0 aromatic rings. The Morgan fingerprint density at radius 1 is 0.373 bits per heavy atom. The van der Waals surface area contributed by atoms with E-state index < -0.39 is 146 Å². The summed E-state index contributed by atoms with van der Waals surface area (Å²) < 4.78 is 283. The summed E-state index contributed by atoms with van der Waals surface area (Å²) in [5.74, 6) is -47.8. The van der Waals surface area contributed by atoms with Crippen molar-refractivity contribution in [1.29, 1.82) is 0 Å². The number of alkyl halides is 18. The molecule has 344 valence electrons. The van der Waals surface area contributed by atoms with E-state index in [1.165, 1.54) is 0 Å². The minimum atomic E-state index is -6.16. The Morgan fingerprint density at radius 2 is 0.627 bits per heavy atom. The third-order valence-electron chi connectivity index (χ3n) is 14.5. The molecule has 6 aliphatic rings. The van der Waals surface area contributed by atoms with Gasteiger partial charge in [0.15, 0.2) is 5.41 Å². The van der Waals surface area contributed by atoms with Crippen LogP contribution < -0.4 is 0 Å². The third-order valence-corrected chi connectivity index (χ3v) is 14.5. The van der Waals surface area contributed by atoms with Gasteiger partial charge in [0, 0.05) is 7.11 Å². The zero-order chi connectivity index (χ0) is 44.3. The quantitative estimate of drug-likeness (QED) is 0.205. The van der Waals surface area contributed by atoms with Crippen LogP contribution in [-0.2, 0) is 18.9 Å². The van der Waals surface area contributed by atoms with Crippen molar-refractivity contribution in [2.45, 2.75) is 187 Å². The Bertz CT molecular complexity index is 1480. The van der Waals surface area contributed by atoms with Gasteiger partial charge >= 0.3 is 59.5 Å². The number of rotatable bonds is 10. The second kappa shape index (κ2) is 14.8. The highest BCUT2D eigenvalue weighted by Gasteiger charge is 3.02. The molecule has 0 aromatic carbocycles. The molecule has 0 N–H and O–H groups in total. The smallest absolute Gasteiger partial charge is 0.340 e. The van der Waals surface area contributed by atoms with Crippen molar-refractivity contribution in [2.75, 3.05) is 7.11 Å². The van der Waals surface area contributed by atoms with E-state index in [0.717, 1.165) is 25.7 Å². The Balaban J connectivity index is 1.13. The molecule has 0 radical (unpaired) electrons. The van der Waals surface area contributed by atoms with E-state index in [9.17, 15) is 65.9 Å². The van der Waals surface area contributed by atoms with Crippen LogP contribution in [0.4, 0.5) is 79.0 Å². The van der Waals surface area contributed by atoms with Gasteiger partial charge in [-0.25, -0.2) is 0 Å². The van der Waals surface area contributed by atoms with Gasteiger partial charge in [0.1, 0.15) is 0 Å². The zero-order valence-electron chi connectivity index (χ0n) is 31.9. The van der Waals surface area contributed by atoms with Crippen LogP contribution in [0.15, 0.2) is 0 Å². The fourth-order valence-electron chi connectivity index (χ4n) is 11.0. The Hall–Kier alpha value is -1.42. The molecule has 0 aromatic heterocycles. The van der Waals surface area contributed by atoms with E-state index in [2.05, 4.69) is 21.1 Å². The van der Waals surface area contributed by atoms with Crippen LogP contribution in [0.2, 0.25) is 0 Å². The maximum atomic E-state index is 16.0. The van der Waals surface area contributed by atoms with Gasteiger partial charge < -0.3 is 18.9 Å². The van der Waals surface area contributed by atoms with Gasteiger partial charge in [0.05, 0.1) is 18.3 Å². The number of ether oxygens (including phenoxy) is 4. The molecule has 59 heavy (non-hydrogen) atoms. The van der Waals surface area contributed by atoms with Crippen LogP contribution in [0, 0.1) is 35.0 Å². The first-order valence-corrected chi connectivity index (χ1v) is 19.9. The number of halogens is 18. The van der Waals surface area contributed by atoms with E-state index >= 15 is 13.2 Å². The van der Waals surface area contributed by atoms with Crippen LogP contribution in [-0.4, -0.2) is 84.9 Å². The summed E-state index contributed by atoms with van der Waals surface area (Å²) in [4.78, 5) is 0. The Morgan fingerprint density at radius 3 is 0.915 bits per heavy atom. The molecule has 6 fully saturated rings. The molecular weight excluding hydrogens is 850 g/mol. The van der Waals surface area contributed by atoms with Crippen molar-refractivity contribution in [3.63, 3.8) is 0 Å². The first-order chi connectivity index (χ1) is 26.9. The molecule has 0 amide bonds. The van der Waals surface area contributed by atoms with Crippen molar-refractivity contribution in [1.82, 2.24) is 0 Å². The van der Waals surface area contributed by atoms with Crippen molar-refractivity contribution >= 4 is 0 Å². The van der Waals surface area contributed by atoms with Crippen LogP contribution in [0.1, 0.15) is 110 Å². The highest BCUT2D eigenvalue weighted by Crippen LogP contribution is 2.72. The summed E-state index contributed by atoms with van der Waals surface area (Å²) in [7, 11) is 0.101. The van der Waals surface area contributed by atoms with Crippen LogP contribution >= 0.6 is 0 Å². The topological polar surface area (TPSA) is 36.9 Å². The van der Waals surface area contributed by atoms with Gasteiger partial charge in [-0.3, -0.25) is 0 Å². The average Bonchev–Trinajstić information content (AvgIpc) is 3.14. The van der Waals surface area contributed by atoms with E-state index in [1.807, 2.05) is 0 Å². The van der Waals surface area contributed by atoms with Gasteiger partial charge in [0.25, 0.3) is 0 Å². The second-order valence-corrected chi connectivity index (χ2v) is 17.6. The first kappa shape index (κ1) is 47.1. The van der Waals surface area contributed by atoms with Gasteiger partial charge in [0.2, 0.25) is 0 Å². The van der Waals surface area contributed by atoms with E-state index in [0.29, 0.717) is 24.7 Å². The van der Waals surface area contributed by atoms with Crippen LogP contribution in [0.5, 0.6) is 0 Å². The Kier molecular flexibility index (Phi) is 11.8. The molecule has 4 atom stereocenters. The van der Waals surface area contributed by atoms with Gasteiger partial charge in [-0.05, 0) is 119 Å². The lowest BCUT2D eigenvalue weighted by molar-refractivity contribution is -0.565. The molecule has 0 bridgehead atoms. The molecule has 6 aliphatic carbocycles. The van der Waals surface area contributed by atoms with Gasteiger partial charge in [-0.1, -0.05) is 19.8 Å². The molecule has 0 aliphatic heterocycles. The minimum Gasteiger partial charge on any atom is -0.340 e. The fourth-order valence-corrected chi connectivity index (χ4v) is 11.0. The van der Waals surface area contributed by atoms with E-state index in [4.69, 9.17) is 4.74 Å². The normalized spacial score (nSPS) is 44.9. The average molecular weight is 897 g/mol. The Labute approximate surface area is 327 Å². The number of methoxy groups -OCH3 is 1. The highest BCUT2D eigenvalue weighted by molar-refractivity contribution is 5.25. The molecule has 22 heteroatoms. The van der Waals surface area contributed by atoms with Crippen molar-refractivity contribution < 1.29 is 98.0 Å². The zero-order valence-corrected chi connectivity index (χ0v) is 31.9. The van der Waals surface area contributed by atoms with Crippen molar-refractivity contribution in [3.8, 4) is 0 Å². The second-order valence-electron chi connectivity index (χ2n) is 17.6. The van der Waals surface area contributed by atoms with Gasteiger partial charge in [-0.2, -0.15) is 79.0 Å². The summed E-state index contributed by atoms with van der Waals surface area (Å²) in [6.45, 7) is 2.10. The molecule has 4 unspecified atom stereocenters. The summed E-state index contributed by atoms with van der Waals surface area (Å²) in [6, 6.07) is 0. The summed E-state index contributed by atoms with van der Waals surface area (Å²) in [6.07, 6.45) is -22.7. The predicted molar refractivity (Wildman–Crippen MR) is 168 cm³/mol. The molecule has 0 spiro atoms. The molecule has 6 rings (SSSR count). The molecule has 6 saturated carbocycles. The largest absolute Gasteiger partial charge is 0.403 e. The highest BCUT2D eigenvalue weighted by atomic mass is 19.4. The predicted octanol–water partition coefficient (Wildman–Crippen LogP) is 12.5. The fraction of sp³-hybridized carbons (Fsp3) is 1.00. The molecular formula is C37H46F18O4. The maximum absolute atomic E-state index is 16.0. The molecule has 0 heterocycles. The van der Waals surface area contributed by atoms with E-state index in [-0.39, 0.29) is 25.9 Å². The minimum absolute atomic E-state index is 0.0723. The molecule has 0 saturated heterocycles. The van der Waals surface area contributed by atoms with Crippen LogP contribution in [0.3, 0.4) is 0 Å². The summed E-state index contributed by atoms with van der Waals surface area (Å²) in [5, 5.41) is 0. The lowest BCUT2D eigenvalue weighted by Crippen LogP contribution is -2.88. The first-order valence-electron chi connectivity index (χ1n) is 19.9. The van der Waals surface area contributed by atoms with Crippen molar-refractivity contribution in [3.05, 3.63) is 0 Å². The number of hydrogen-bond donors (Lipinski definition) is 0. The summed E-state index contributed by atoms with van der Waals surface area (Å²) in [5.41, 5.74) is -4.66. The van der Waals surface area contributed by atoms with Crippen molar-refractivity contribution in [2.24, 2.45) is 35.0 Å². The standard InChI is InChI=1S/C37H46F18O4/c1-19-3-5-20(6-4-19)21-7-13-24(14-8-21)58-34(48)30(42,43)31(44,45)35(34,49)59-26-17-11-23(12-18-26)27(36(50,51)52,37(53,54)55)22-9-15-25(16-10-22)57-33(47)29(40,41)28(38,39)32(33,46)56-2/h19-26H,3-18H2,1-2H3. The lowest BCUT2D eigenvalue weighted by Gasteiger charge is -2.58. The number of hydrogen-bond acceptors (Lipinski definition) is 4. The molecule has 4 nitrogen and oxygen atoms in total. The van der Waals surface area contributed by atoms with E-state index in [1.54, 1.807) is 0 Å². The summed E-state index contributed by atoms with van der Waals surface area (Å²) >= 11 is 0. The van der Waals surface area contributed by atoms with Gasteiger partial charge in [-0.15, -0.1) is 0 Å².